The van der Waals surface area contributed by atoms with Gasteiger partial charge in [0.1, 0.15) is 11.2 Å². The molecule has 0 amide bonds. The minimum Gasteiger partial charge on any atom is -0.455 e. The Morgan fingerprint density at radius 1 is 0.630 bits per heavy atom. The number of hydrogen-bond donors (Lipinski definition) is 1. The van der Waals surface area contributed by atoms with Crippen molar-refractivity contribution in [3.05, 3.63) is 161 Å². The maximum absolute atomic E-state index is 8.84. The van der Waals surface area contributed by atoms with Crippen LogP contribution >= 0.6 is 11.6 Å². The Morgan fingerprint density at radius 3 is 2.09 bits per heavy atom. The van der Waals surface area contributed by atoms with Gasteiger partial charge in [-0.1, -0.05) is 109 Å². The molecular weight excluding hydrogens is 588 g/mol. The van der Waals surface area contributed by atoms with Gasteiger partial charge in [-0.2, -0.15) is 0 Å². The Labute approximate surface area is 270 Å². The van der Waals surface area contributed by atoms with E-state index in [1.54, 1.807) is 0 Å². The van der Waals surface area contributed by atoms with E-state index in [2.05, 4.69) is 41.0 Å². The smallest absolute Gasteiger partial charge is 0.161 e. The Hall–Kier alpha value is -5.78. The van der Waals surface area contributed by atoms with Crippen molar-refractivity contribution >= 4 is 72.7 Å². The molecule has 0 aliphatic heterocycles. The van der Waals surface area contributed by atoms with E-state index in [1.165, 1.54) is 0 Å². The molecule has 6 aromatic carbocycles. The standard InChI is InChI=1S/C40H27ClN4O/c1-25(26-12-4-2-5-13-26)43-40(44-39(42)27-14-6-3-7-15-27)28-22-29(41)24-30(23-28)45-34-18-10-8-17-33(34)37-35(45)21-20-32-31-16-9-11-19-36(31)46-38(32)37/h2-24,42H,1H3/b42-39?,43-25+,44-40-. The molecule has 6 heteroatoms. The molecule has 0 atom stereocenters. The van der Waals surface area contributed by atoms with Gasteiger partial charge in [0, 0.05) is 43.7 Å². The summed E-state index contributed by atoms with van der Waals surface area (Å²) in [5.74, 6) is 0.519. The SMILES string of the molecule is C/C(=N\C(=N/C(=N)c1ccccc1)c1cc(Cl)cc(-n2c3ccccc3c3c4oc5ccccc5c4ccc32)c1)c1ccccc1. The summed E-state index contributed by atoms with van der Waals surface area (Å²) in [5, 5.41) is 13.7. The second-order valence-electron chi connectivity index (χ2n) is 11.2. The van der Waals surface area contributed by atoms with Crippen molar-refractivity contribution in [1.82, 2.24) is 4.57 Å². The lowest BCUT2D eigenvalue weighted by Gasteiger charge is -2.12. The Bertz CT molecular complexity index is 2510. The molecule has 1 N–H and O–H groups in total. The third kappa shape index (κ3) is 4.78. The van der Waals surface area contributed by atoms with Crippen molar-refractivity contribution in [2.45, 2.75) is 6.92 Å². The number of furan rings is 1. The van der Waals surface area contributed by atoms with Crippen molar-refractivity contribution in [2.24, 2.45) is 9.98 Å². The Kier molecular flexibility index (Phi) is 6.81. The summed E-state index contributed by atoms with van der Waals surface area (Å²) in [6.07, 6.45) is 0. The summed E-state index contributed by atoms with van der Waals surface area (Å²) in [4.78, 5) is 9.74. The summed E-state index contributed by atoms with van der Waals surface area (Å²) in [6.45, 7) is 1.95. The van der Waals surface area contributed by atoms with Gasteiger partial charge in [-0.15, -0.1) is 0 Å². The molecule has 0 spiro atoms. The number of halogens is 1. The lowest BCUT2D eigenvalue weighted by Crippen LogP contribution is -2.08. The normalized spacial score (nSPS) is 12.5. The summed E-state index contributed by atoms with van der Waals surface area (Å²) in [7, 11) is 0. The van der Waals surface area contributed by atoms with Crippen LogP contribution in [0.15, 0.2) is 154 Å². The molecule has 0 unspecified atom stereocenters. The molecule has 8 aromatic rings. The van der Waals surface area contributed by atoms with Gasteiger partial charge in [0.15, 0.2) is 11.7 Å². The van der Waals surface area contributed by atoms with E-state index in [1.807, 2.05) is 110 Å². The maximum Gasteiger partial charge on any atom is 0.161 e. The van der Waals surface area contributed by atoms with Gasteiger partial charge in [0.2, 0.25) is 0 Å². The van der Waals surface area contributed by atoms with E-state index in [-0.39, 0.29) is 5.84 Å². The van der Waals surface area contributed by atoms with Gasteiger partial charge in [-0.3, -0.25) is 5.41 Å². The van der Waals surface area contributed by atoms with E-state index in [0.29, 0.717) is 22.0 Å². The fourth-order valence-corrected chi connectivity index (χ4v) is 6.40. The molecule has 46 heavy (non-hydrogen) atoms. The topological polar surface area (TPSA) is 66.6 Å². The molecule has 0 aliphatic carbocycles. The summed E-state index contributed by atoms with van der Waals surface area (Å²) in [5.41, 5.74) is 7.76. The van der Waals surface area contributed by atoms with Crippen LogP contribution < -0.4 is 0 Å². The second-order valence-corrected chi connectivity index (χ2v) is 11.6. The lowest BCUT2D eigenvalue weighted by molar-refractivity contribution is 0.673. The van der Waals surface area contributed by atoms with E-state index in [0.717, 1.165) is 60.7 Å². The predicted octanol–water partition coefficient (Wildman–Crippen LogP) is 10.6. The maximum atomic E-state index is 8.84. The van der Waals surface area contributed by atoms with Crippen LogP contribution in [-0.4, -0.2) is 22.0 Å². The first-order valence-electron chi connectivity index (χ1n) is 15.0. The van der Waals surface area contributed by atoms with Crippen molar-refractivity contribution in [3.8, 4) is 5.69 Å². The number of aromatic nitrogens is 1. The first-order valence-corrected chi connectivity index (χ1v) is 15.4. The van der Waals surface area contributed by atoms with E-state index < -0.39 is 0 Å². The van der Waals surface area contributed by atoms with E-state index in [4.69, 9.17) is 31.4 Å². The highest BCUT2D eigenvalue weighted by molar-refractivity contribution is 6.31. The van der Waals surface area contributed by atoms with Crippen molar-refractivity contribution < 1.29 is 4.42 Å². The number of benzene rings is 6. The molecule has 0 fully saturated rings. The molecule has 220 valence electrons. The van der Waals surface area contributed by atoms with Gasteiger partial charge in [-0.05, 0) is 55.0 Å². The molecule has 2 heterocycles. The van der Waals surface area contributed by atoms with Crippen LogP contribution in [0.25, 0.3) is 49.4 Å². The predicted molar refractivity (Wildman–Crippen MR) is 192 cm³/mol. The van der Waals surface area contributed by atoms with Crippen LogP contribution in [0.4, 0.5) is 0 Å². The fourth-order valence-electron chi connectivity index (χ4n) is 6.17. The third-order valence-corrected chi connectivity index (χ3v) is 8.53. The number of amidine groups is 2. The molecular formula is C40H27ClN4O. The summed E-state index contributed by atoms with van der Waals surface area (Å²) in [6, 6.07) is 46.1. The average molecular weight is 615 g/mol. The van der Waals surface area contributed by atoms with Crippen LogP contribution in [0.5, 0.6) is 0 Å². The van der Waals surface area contributed by atoms with Crippen LogP contribution in [0.3, 0.4) is 0 Å². The second kappa shape index (κ2) is 11.3. The molecule has 0 radical (unpaired) electrons. The average Bonchev–Trinajstić information content (AvgIpc) is 3.64. The van der Waals surface area contributed by atoms with Gasteiger partial charge >= 0.3 is 0 Å². The lowest BCUT2D eigenvalue weighted by atomic mass is 10.1. The van der Waals surface area contributed by atoms with Crippen LogP contribution in [0, 0.1) is 5.41 Å². The molecule has 5 nitrogen and oxygen atoms in total. The van der Waals surface area contributed by atoms with E-state index >= 15 is 0 Å². The molecule has 2 aromatic heterocycles. The number of nitrogens with zero attached hydrogens (tertiary/aromatic N) is 3. The number of hydrogen-bond acceptors (Lipinski definition) is 2. The van der Waals surface area contributed by atoms with Crippen LogP contribution in [0.1, 0.15) is 23.6 Å². The minimum absolute atomic E-state index is 0.117. The van der Waals surface area contributed by atoms with E-state index in [9.17, 15) is 0 Å². The molecule has 0 saturated carbocycles. The minimum atomic E-state index is 0.117. The van der Waals surface area contributed by atoms with Gasteiger partial charge in [0.25, 0.3) is 0 Å². The highest BCUT2D eigenvalue weighted by Crippen LogP contribution is 2.40. The van der Waals surface area contributed by atoms with Crippen LogP contribution in [-0.2, 0) is 0 Å². The highest BCUT2D eigenvalue weighted by atomic mass is 35.5. The zero-order valence-corrected chi connectivity index (χ0v) is 25.7. The van der Waals surface area contributed by atoms with Gasteiger partial charge in [0.05, 0.1) is 16.4 Å². The molecule has 8 rings (SSSR count). The monoisotopic (exact) mass is 614 g/mol. The molecule has 0 saturated heterocycles. The van der Waals surface area contributed by atoms with Crippen molar-refractivity contribution in [3.63, 3.8) is 0 Å². The highest BCUT2D eigenvalue weighted by Gasteiger charge is 2.19. The van der Waals surface area contributed by atoms with Crippen molar-refractivity contribution in [1.29, 1.82) is 5.41 Å². The number of aliphatic imine (C=N–C) groups is 2. The Balaban J connectivity index is 1.36. The fraction of sp³-hybridized carbons (Fsp3) is 0.0250. The molecule has 0 aliphatic rings. The third-order valence-electron chi connectivity index (χ3n) is 8.31. The van der Waals surface area contributed by atoms with Gasteiger partial charge < -0.3 is 8.98 Å². The van der Waals surface area contributed by atoms with Crippen molar-refractivity contribution in [2.75, 3.05) is 0 Å². The quantitative estimate of drug-likeness (QED) is 0.155. The number of fused-ring (bicyclic) bond motifs is 7. The number of para-hydroxylation sites is 2. The summed E-state index contributed by atoms with van der Waals surface area (Å²) >= 11 is 6.88. The first-order chi connectivity index (χ1) is 22.5. The molecule has 0 bridgehead atoms. The zero-order chi connectivity index (χ0) is 31.2. The number of nitrogens with one attached hydrogen (secondary N) is 1. The van der Waals surface area contributed by atoms with Crippen LogP contribution in [0.2, 0.25) is 5.02 Å². The zero-order valence-electron chi connectivity index (χ0n) is 24.9. The first kappa shape index (κ1) is 27.7. The Morgan fingerprint density at radius 2 is 1.30 bits per heavy atom. The number of rotatable bonds is 4. The largest absolute Gasteiger partial charge is 0.455 e. The summed E-state index contributed by atoms with van der Waals surface area (Å²) < 4.78 is 8.69. The van der Waals surface area contributed by atoms with Gasteiger partial charge in [-0.25, -0.2) is 9.98 Å².